The van der Waals surface area contributed by atoms with Crippen LogP contribution in [0, 0.1) is 0 Å². The van der Waals surface area contributed by atoms with Gasteiger partial charge in [-0.05, 0) is 38.5 Å². The number of rotatable bonds is 65. The highest BCUT2D eigenvalue weighted by molar-refractivity contribution is 5.71. The Morgan fingerprint density at radius 2 is 0.696 bits per heavy atom. The Kier molecular flexibility index (Phi) is 60.1. The number of esters is 2. The normalized spacial score (nSPS) is 12.8. The molecule has 0 amide bonds. The van der Waals surface area contributed by atoms with Crippen LogP contribution in [0.25, 0.3) is 0 Å². The molecule has 0 bridgehead atoms. The van der Waals surface area contributed by atoms with Crippen LogP contribution in [0.3, 0.4) is 0 Å². The van der Waals surface area contributed by atoms with Crippen LogP contribution in [0.5, 0.6) is 0 Å². The Morgan fingerprint density at radius 3 is 1.04 bits per heavy atom. The number of carboxylic acids is 1. The minimum absolute atomic E-state index is 0.183. The summed E-state index contributed by atoms with van der Waals surface area (Å²) in [5, 5.41) is 9.70. The van der Waals surface area contributed by atoms with Gasteiger partial charge in [-0.15, -0.1) is 0 Å². The van der Waals surface area contributed by atoms with E-state index in [0.717, 1.165) is 64.2 Å². The fourth-order valence-electron chi connectivity index (χ4n) is 10.4. The van der Waals surface area contributed by atoms with Gasteiger partial charge >= 0.3 is 17.9 Å². The van der Waals surface area contributed by atoms with Crippen LogP contribution in [-0.4, -0.2) is 87.4 Å². The van der Waals surface area contributed by atoms with E-state index in [1.807, 2.05) is 21.1 Å². The number of likely N-dealkylation sites (N-methyl/N-ethyl adjacent to an activating group) is 1. The number of quaternary nitrogens is 1. The molecule has 0 saturated heterocycles. The van der Waals surface area contributed by atoms with Crippen molar-refractivity contribution in [2.45, 2.75) is 360 Å². The zero-order valence-electron chi connectivity index (χ0n) is 53.3. The summed E-state index contributed by atoms with van der Waals surface area (Å²) >= 11 is 0. The summed E-state index contributed by atoms with van der Waals surface area (Å²) < 4.78 is 22.9. The highest BCUT2D eigenvalue weighted by Crippen LogP contribution is 2.19. The van der Waals surface area contributed by atoms with Gasteiger partial charge < -0.3 is 28.5 Å². The highest BCUT2D eigenvalue weighted by atomic mass is 16.7. The third-order valence-electron chi connectivity index (χ3n) is 15.7. The lowest BCUT2D eigenvalue weighted by Crippen LogP contribution is -2.40. The molecule has 9 nitrogen and oxygen atoms in total. The second-order valence-electron chi connectivity index (χ2n) is 24.8. The number of hydrogen-bond acceptors (Lipinski definition) is 7. The molecule has 0 aliphatic carbocycles. The van der Waals surface area contributed by atoms with E-state index in [2.05, 4.69) is 38.2 Å². The molecule has 9 heteroatoms. The second kappa shape index (κ2) is 61.8. The maximum Gasteiger partial charge on any atom is 0.361 e. The first-order valence-electron chi connectivity index (χ1n) is 34.5. The molecule has 0 rings (SSSR count). The molecular weight excluding hydrogens is 983 g/mol. The predicted molar refractivity (Wildman–Crippen MR) is 337 cm³/mol. The van der Waals surface area contributed by atoms with Crippen LogP contribution < -0.4 is 0 Å². The summed E-state index contributed by atoms with van der Waals surface area (Å²) in [5.41, 5.74) is 0. The number of carboxylic acid groups (broad SMARTS) is 1. The molecule has 0 aliphatic heterocycles. The van der Waals surface area contributed by atoms with Gasteiger partial charge in [-0.1, -0.05) is 321 Å². The molecule has 79 heavy (non-hydrogen) atoms. The van der Waals surface area contributed by atoms with Gasteiger partial charge in [0.1, 0.15) is 13.2 Å². The van der Waals surface area contributed by atoms with E-state index in [-0.39, 0.29) is 32.2 Å². The van der Waals surface area contributed by atoms with E-state index in [4.69, 9.17) is 18.9 Å². The van der Waals surface area contributed by atoms with Crippen molar-refractivity contribution in [3.05, 3.63) is 24.3 Å². The highest BCUT2D eigenvalue weighted by Gasteiger charge is 2.25. The van der Waals surface area contributed by atoms with Crippen molar-refractivity contribution in [1.82, 2.24) is 0 Å². The maximum atomic E-state index is 12.8. The lowest BCUT2D eigenvalue weighted by molar-refractivity contribution is -0.870. The molecule has 0 aromatic rings. The van der Waals surface area contributed by atoms with Crippen LogP contribution >= 0.6 is 0 Å². The first kappa shape index (κ1) is 76.8. The van der Waals surface area contributed by atoms with Crippen molar-refractivity contribution in [3.63, 3.8) is 0 Å². The lowest BCUT2D eigenvalue weighted by Gasteiger charge is -2.25. The van der Waals surface area contributed by atoms with Crippen molar-refractivity contribution >= 4 is 17.9 Å². The summed E-state index contributed by atoms with van der Waals surface area (Å²) in [5.74, 6) is -2.00. The standard InChI is InChI=1S/C70H133NO8/c1-6-8-10-12-14-16-18-20-22-23-24-25-26-27-28-29-30-31-32-33-34-35-36-37-38-39-40-41-42-43-44-45-46-47-49-50-52-54-56-58-60-67(72)77-64-66(65-78-70(69(74)75)76-63-62-71(3,4)5)79-68(73)61-59-57-55-53-51-48-21-19-17-15-13-11-9-7-2/h13,15,19,21,66,70H,6-12,14,16-18,20,22-65H2,1-5H3/p+1/b15-13-,21-19-. The second-order valence-corrected chi connectivity index (χ2v) is 24.8. The van der Waals surface area contributed by atoms with E-state index >= 15 is 0 Å². The number of allylic oxidation sites excluding steroid dienone is 4. The molecule has 1 N–H and O–H groups in total. The lowest BCUT2D eigenvalue weighted by atomic mass is 10.0. The topological polar surface area (TPSA) is 108 Å². The molecule has 0 radical (unpaired) electrons. The average molecular weight is 1120 g/mol. The van der Waals surface area contributed by atoms with Crippen LogP contribution in [0.1, 0.15) is 348 Å². The fraction of sp³-hybridized carbons (Fsp3) is 0.900. The zero-order chi connectivity index (χ0) is 57.6. The van der Waals surface area contributed by atoms with Crippen LogP contribution in [-0.2, 0) is 33.3 Å². The number of carbonyl (C=O) groups excluding carboxylic acids is 2. The van der Waals surface area contributed by atoms with Crippen molar-refractivity contribution < 1.29 is 42.9 Å². The molecule has 0 heterocycles. The first-order valence-corrected chi connectivity index (χ1v) is 34.5. The fourth-order valence-corrected chi connectivity index (χ4v) is 10.4. The Balaban J connectivity index is 3.86. The number of nitrogens with zero attached hydrogens (tertiary/aromatic N) is 1. The van der Waals surface area contributed by atoms with Gasteiger partial charge in [0.05, 0.1) is 34.4 Å². The van der Waals surface area contributed by atoms with E-state index in [1.54, 1.807) is 0 Å². The molecule has 0 saturated carbocycles. The number of unbranched alkanes of at least 4 members (excludes halogenated alkanes) is 46. The van der Waals surface area contributed by atoms with Gasteiger partial charge in [-0.25, -0.2) is 4.79 Å². The SMILES string of the molecule is CCCC/C=C\C/C=C\CCCCCCCC(=O)OC(COC(=O)CCCCCCCCCCCCCCCCCCCCCCCCCCCCCCCCCCCCCCCCCC)COC(OCC[N+](C)(C)C)C(=O)O. The van der Waals surface area contributed by atoms with E-state index in [9.17, 15) is 19.5 Å². The quantitative estimate of drug-likeness (QED) is 0.0211. The Morgan fingerprint density at radius 1 is 0.380 bits per heavy atom. The Bertz CT molecular complexity index is 1340. The molecule has 0 aromatic carbocycles. The summed E-state index contributed by atoms with van der Waals surface area (Å²) in [7, 11) is 5.97. The molecule has 0 fully saturated rings. The number of ether oxygens (including phenoxy) is 4. The van der Waals surface area contributed by atoms with E-state index in [0.29, 0.717) is 23.9 Å². The molecular formula is C70H134NO8+. The molecule has 466 valence electrons. The third kappa shape index (κ3) is 63.2. The minimum Gasteiger partial charge on any atom is -0.477 e. The summed E-state index contributed by atoms with van der Waals surface area (Å²) in [6.45, 7) is 4.87. The Labute approximate surface area is 490 Å². The first-order chi connectivity index (χ1) is 38.6. The van der Waals surface area contributed by atoms with Crippen molar-refractivity contribution in [1.29, 1.82) is 0 Å². The van der Waals surface area contributed by atoms with Gasteiger partial charge in [-0.2, -0.15) is 0 Å². The van der Waals surface area contributed by atoms with Gasteiger partial charge in [0.25, 0.3) is 6.29 Å². The molecule has 0 aromatic heterocycles. The average Bonchev–Trinajstić information content (AvgIpc) is 3.42. The van der Waals surface area contributed by atoms with Crippen LogP contribution in [0.15, 0.2) is 24.3 Å². The van der Waals surface area contributed by atoms with Crippen molar-refractivity contribution in [3.8, 4) is 0 Å². The third-order valence-corrected chi connectivity index (χ3v) is 15.7. The van der Waals surface area contributed by atoms with E-state index in [1.165, 1.54) is 250 Å². The molecule has 0 aliphatic rings. The summed E-state index contributed by atoms with van der Waals surface area (Å²) in [6, 6.07) is 0. The van der Waals surface area contributed by atoms with Crippen molar-refractivity contribution in [2.75, 3.05) is 47.5 Å². The minimum atomic E-state index is -1.51. The van der Waals surface area contributed by atoms with Gasteiger partial charge in [-0.3, -0.25) is 9.59 Å². The largest absolute Gasteiger partial charge is 0.477 e. The van der Waals surface area contributed by atoms with E-state index < -0.39 is 24.3 Å². The van der Waals surface area contributed by atoms with Crippen LogP contribution in [0.2, 0.25) is 0 Å². The number of hydrogen-bond donors (Lipinski definition) is 1. The molecule has 2 unspecified atom stereocenters. The molecule has 2 atom stereocenters. The van der Waals surface area contributed by atoms with Gasteiger partial charge in [0.15, 0.2) is 6.10 Å². The van der Waals surface area contributed by atoms with Crippen molar-refractivity contribution in [2.24, 2.45) is 0 Å². The van der Waals surface area contributed by atoms with Gasteiger partial charge in [0, 0.05) is 12.8 Å². The van der Waals surface area contributed by atoms with Crippen LogP contribution in [0.4, 0.5) is 0 Å². The predicted octanol–water partition coefficient (Wildman–Crippen LogP) is 21.0. The van der Waals surface area contributed by atoms with Gasteiger partial charge in [0.2, 0.25) is 0 Å². The summed E-state index contributed by atoms with van der Waals surface area (Å²) in [4.78, 5) is 37.4. The number of aliphatic carboxylic acids is 1. The molecule has 0 spiro atoms. The summed E-state index contributed by atoms with van der Waals surface area (Å²) in [6.07, 6.45) is 73.3. The monoisotopic (exact) mass is 1120 g/mol. The Hall–Kier alpha value is -2.23. The number of carbonyl (C=O) groups is 3. The zero-order valence-corrected chi connectivity index (χ0v) is 53.3. The smallest absolute Gasteiger partial charge is 0.361 e. The maximum absolute atomic E-state index is 12.8.